The van der Waals surface area contributed by atoms with Gasteiger partial charge in [0.1, 0.15) is 0 Å². The van der Waals surface area contributed by atoms with Crippen LogP contribution in [-0.2, 0) is 9.59 Å². The van der Waals surface area contributed by atoms with Crippen molar-refractivity contribution in [2.24, 2.45) is 11.8 Å². The molecule has 4 heteroatoms. The number of aliphatic hydroxyl groups excluding tert-OH is 1. The maximum atomic E-state index is 11.7. The summed E-state index contributed by atoms with van der Waals surface area (Å²) in [4.78, 5) is 24.7. The van der Waals surface area contributed by atoms with E-state index in [9.17, 15) is 9.59 Å². The van der Waals surface area contributed by atoms with E-state index in [-0.39, 0.29) is 35.8 Å². The molecule has 1 saturated carbocycles. The number of nitrogens with zero attached hydrogens (tertiary/aromatic N) is 1. The van der Waals surface area contributed by atoms with Crippen LogP contribution in [0.1, 0.15) is 26.7 Å². The molecule has 2 fully saturated rings. The number of likely N-dealkylation sites (tertiary alicyclic amines) is 1. The Morgan fingerprint density at radius 1 is 1.14 bits per heavy atom. The molecular formula is C10H15NO3. The lowest BCUT2D eigenvalue weighted by molar-refractivity contribution is -0.147. The molecule has 4 nitrogen and oxygen atoms in total. The number of rotatable bonds is 1. The Bertz CT molecular complexity index is 263. The maximum absolute atomic E-state index is 11.7. The molecule has 14 heavy (non-hydrogen) atoms. The van der Waals surface area contributed by atoms with Crippen LogP contribution in [0.4, 0.5) is 0 Å². The van der Waals surface area contributed by atoms with Crippen molar-refractivity contribution in [3.8, 4) is 0 Å². The van der Waals surface area contributed by atoms with Gasteiger partial charge in [-0.3, -0.25) is 14.5 Å². The number of hydrogen-bond acceptors (Lipinski definition) is 3. The number of aliphatic hydroxyl groups is 1. The van der Waals surface area contributed by atoms with Crippen LogP contribution >= 0.6 is 0 Å². The Hall–Kier alpha value is -0.900. The lowest BCUT2D eigenvalue weighted by atomic mass is 9.88. The van der Waals surface area contributed by atoms with Crippen molar-refractivity contribution in [3.05, 3.63) is 0 Å². The van der Waals surface area contributed by atoms with E-state index in [1.165, 1.54) is 4.90 Å². The van der Waals surface area contributed by atoms with E-state index in [0.717, 1.165) is 0 Å². The van der Waals surface area contributed by atoms with Crippen molar-refractivity contribution in [2.75, 3.05) is 0 Å². The van der Waals surface area contributed by atoms with Crippen molar-refractivity contribution >= 4 is 11.8 Å². The third-order valence-corrected chi connectivity index (χ3v) is 3.46. The van der Waals surface area contributed by atoms with Gasteiger partial charge in [0.15, 0.2) is 0 Å². The molecule has 1 aliphatic carbocycles. The number of carbonyl (C=O) groups excluding carboxylic acids is 2. The molecule has 0 aromatic rings. The average molecular weight is 197 g/mol. The SMILES string of the molecule is CC1C(=O)N(C2CC(O)C2)C(=O)C1C. The highest BCUT2D eigenvalue weighted by molar-refractivity contribution is 6.05. The first kappa shape index (κ1) is 9.65. The molecule has 2 aliphatic rings. The molecule has 1 heterocycles. The fourth-order valence-electron chi connectivity index (χ4n) is 2.10. The quantitative estimate of drug-likeness (QED) is 0.609. The number of carbonyl (C=O) groups is 2. The highest BCUT2D eigenvalue weighted by Gasteiger charge is 2.48. The lowest BCUT2D eigenvalue weighted by Gasteiger charge is -2.37. The monoisotopic (exact) mass is 197 g/mol. The van der Waals surface area contributed by atoms with Gasteiger partial charge in [0.2, 0.25) is 11.8 Å². The van der Waals surface area contributed by atoms with Gasteiger partial charge in [-0.1, -0.05) is 13.8 Å². The van der Waals surface area contributed by atoms with E-state index in [1.807, 2.05) is 0 Å². The summed E-state index contributed by atoms with van der Waals surface area (Å²) in [5.74, 6) is -0.528. The summed E-state index contributed by atoms with van der Waals surface area (Å²) in [7, 11) is 0. The Balaban J connectivity index is 2.12. The summed E-state index contributed by atoms with van der Waals surface area (Å²) >= 11 is 0. The van der Waals surface area contributed by atoms with Crippen LogP contribution < -0.4 is 0 Å². The van der Waals surface area contributed by atoms with Crippen LogP contribution in [0.2, 0.25) is 0 Å². The van der Waals surface area contributed by atoms with Gasteiger partial charge in [-0.25, -0.2) is 0 Å². The molecule has 2 amide bonds. The minimum Gasteiger partial charge on any atom is -0.393 e. The van der Waals surface area contributed by atoms with E-state index >= 15 is 0 Å². The third-order valence-electron chi connectivity index (χ3n) is 3.46. The number of amides is 2. The van der Waals surface area contributed by atoms with E-state index in [4.69, 9.17) is 5.11 Å². The smallest absolute Gasteiger partial charge is 0.233 e. The molecule has 2 unspecified atom stereocenters. The molecule has 0 aromatic heterocycles. The zero-order valence-electron chi connectivity index (χ0n) is 8.43. The molecule has 0 bridgehead atoms. The second-order valence-corrected chi connectivity index (χ2v) is 4.40. The fraction of sp³-hybridized carbons (Fsp3) is 0.800. The van der Waals surface area contributed by atoms with Crippen molar-refractivity contribution in [2.45, 2.75) is 38.8 Å². The van der Waals surface area contributed by atoms with Gasteiger partial charge in [0.05, 0.1) is 6.10 Å². The van der Waals surface area contributed by atoms with Crippen molar-refractivity contribution in [1.29, 1.82) is 0 Å². The van der Waals surface area contributed by atoms with Crippen LogP contribution in [0.15, 0.2) is 0 Å². The molecule has 78 valence electrons. The highest BCUT2D eigenvalue weighted by Crippen LogP contribution is 2.34. The molecule has 0 radical (unpaired) electrons. The summed E-state index contributed by atoms with van der Waals surface area (Å²) < 4.78 is 0. The van der Waals surface area contributed by atoms with Gasteiger partial charge in [-0.05, 0) is 12.8 Å². The summed E-state index contributed by atoms with van der Waals surface area (Å²) in [6, 6.07) is -0.0441. The molecule has 1 aliphatic heterocycles. The predicted molar refractivity (Wildman–Crippen MR) is 49.2 cm³/mol. The zero-order chi connectivity index (χ0) is 10.5. The molecule has 1 N–H and O–H groups in total. The Labute approximate surface area is 82.9 Å². The molecule has 2 atom stereocenters. The second-order valence-electron chi connectivity index (χ2n) is 4.40. The first-order valence-corrected chi connectivity index (χ1v) is 5.07. The van der Waals surface area contributed by atoms with E-state index in [2.05, 4.69) is 0 Å². The topological polar surface area (TPSA) is 57.6 Å². The lowest BCUT2D eigenvalue weighted by Crippen LogP contribution is -2.50. The van der Waals surface area contributed by atoms with Gasteiger partial charge < -0.3 is 5.11 Å². The summed E-state index contributed by atoms with van der Waals surface area (Å²) in [6.07, 6.45) is 0.778. The Morgan fingerprint density at radius 2 is 1.57 bits per heavy atom. The minimum atomic E-state index is -0.327. The van der Waals surface area contributed by atoms with Gasteiger partial charge >= 0.3 is 0 Å². The van der Waals surface area contributed by atoms with Crippen LogP contribution in [0, 0.1) is 11.8 Å². The van der Waals surface area contributed by atoms with Crippen LogP contribution in [0.25, 0.3) is 0 Å². The standard InChI is InChI=1S/C10H15NO3/c1-5-6(2)10(14)11(9(5)13)7-3-8(12)4-7/h5-8,12H,3-4H2,1-2H3. The molecule has 1 saturated heterocycles. The van der Waals surface area contributed by atoms with Gasteiger partial charge in [0, 0.05) is 17.9 Å². The minimum absolute atomic E-state index is 0.0441. The summed E-state index contributed by atoms with van der Waals surface area (Å²) in [6.45, 7) is 3.58. The third kappa shape index (κ3) is 1.17. The highest BCUT2D eigenvalue weighted by atomic mass is 16.3. The average Bonchev–Trinajstić information content (AvgIpc) is 2.27. The molecule has 2 rings (SSSR count). The fourth-order valence-corrected chi connectivity index (χ4v) is 2.10. The Morgan fingerprint density at radius 3 is 1.93 bits per heavy atom. The molecule has 0 aromatic carbocycles. The van der Waals surface area contributed by atoms with Crippen molar-refractivity contribution < 1.29 is 14.7 Å². The summed E-state index contributed by atoms with van der Waals surface area (Å²) in [5, 5.41) is 9.13. The molecule has 0 spiro atoms. The van der Waals surface area contributed by atoms with Crippen LogP contribution in [0.5, 0.6) is 0 Å². The van der Waals surface area contributed by atoms with Crippen molar-refractivity contribution in [3.63, 3.8) is 0 Å². The summed E-state index contributed by atoms with van der Waals surface area (Å²) in [5.41, 5.74) is 0. The van der Waals surface area contributed by atoms with Crippen molar-refractivity contribution in [1.82, 2.24) is 4.90 Å². The van der Waals surface area contributed by atoms with Crippen LogP contribution in [-0.4, -0.2) is 34.0 Å². The zero-order valence-corrected chi connectivity index (χ0v) is 8.43. The predicted octanol–water partition coefficient (Wildman–Crippen LogP) is 0.151. The van der Waals surface area contributed by atoms with Crippen LogP contribution in [0.3, 0.4) is 0 Å². The number of imide groups is 1. The maximum Gasteiger partial charge on any atom is 0.233 e. The largest absolute Gasteiger partial charge is 0.393 e. The first-order valence-electron chi connectivity index (χ1n) is 5.07. The number of hydrogen-bond donors (Lipinski definition) is 1. The van der Waals surface area contributed by atoms with Gasteiger partial charge in [-0.2, -0.15) is 0 Å². The van der Waals surface area contributed by atoms with Gasteiger partial charge in [-0.15, -0.1) is 0 Å². The normalized spacial score (nSPS) is 42.9. The first-order chi connectivity index (χ1) is 6.52. The molecular weight excluding hydrogens is 182 g/mol. The van der Waals surface area contributed by atoms with Gasteiger partial charge in [0.25, 0.3) is 0 Å². The Kier molecular flexibility index (Phi) is 2.10. The van der Waals surface area contributed by atoms with E-state index < -0.39 is 0 Å². The second kappa shape index (κ2) is 3.05. The van der Waals surface area contributed by atoms with E-state index in [0.29, 0.717) is 12.8 Å². The van der Waals surface area contributed by atoms with E-state index in [1.54, 1.807) is 13.8 Å².